The van der Waals surface area contributed by atoms with E-state index >= 15 is 0 Å². The summed E-state index contributed by atoms with van der Waals surface area (Å²) in [6.07, 6.45) is 0. The van der Waals surface area contributed by atoms with Gasteiger partial charge in [0.1, 0.15) is 0 Å². The lowest BCUT2D eigenvalue weighted by Gasteiger charge is -2.20. The molecule has 1 aliphatic heterocycles. The fourth-order valence-corrected chi connectivity index (χ4v) is 6.00. The van der Waals surface area contributed by atoms with E-state index in [9.17, 15) is 8.42 Å². The number of rotatable bonds is 2. The third kappa shape index (κ3) is 3.76. The van der Waals surface area contributed by atoms with Crippen molar-refractivity contribution in [2.24, 2.45) is 0 Å². The Hall–Kier alpha value is -2.65. The third-order valence-electron chi connectivity index (χ3n) is 5.99. The molecule has 1 heterocycles. The number of fused-ring (bicyclic) bond motifs is 1. The fraction of sp³-hybridized carbons (Fsp3) is 0.286. The van der Waals surface area contributed by atoms with Crippen LogP contribution in [0.3, 0.4) is 0 Å². The molecule has 0 spiro atoms. The highest BCUT2D eigenvalue weighted by molar-refractivity contribution is 8.01. The predicted octanol–water partition coefficient (Wildman–Crippen LogP) is 6.99. The van der Waals surface area contributed by atoms with E-state index in [1.807, 2.05) is 36.4 Å². The Morgan fingerprint density at radius 3 is 1.52 bits per heavy atom. The van der Waals surface area contributed by atoms with E-state index in [0.29, 0.717) is 9.80 Å². The summed E-state index contributed by atoms with van der Waals surface area (Å²) in [5.74, 6) is 0. The molecule has 3 heteroatoms. The topological polar surface area (TPSA) is 34.1 Å². The maximum Gasteiger partial charge on any atom is 0.208 e. The van der Waals surface area contributed by atoms with Crippen molar-refractivity contribution in [2.45, 2.75) is 57.3 Å². The Morgan fingerprint density at radius 1 is 0.581 bits per heavy atom. The molecule has 0 saturated heterocycles. The molecule has 2 nitrogen and oxygen atoms in total. The molecule has 3 aromatic rings. The van der Waals surface area contributed by atoms with Gasteiger partial charge >= 0.3 is 0 Å². The van der Waals surface area contributed by atoms with Crippen LogP contribution in [-0.4, -0.2) is 8.42 Å². The molecule has 0 fully saturated rings. The molecule has 0 amide bonds. The van der Waals surface area contributed by atoms with E-state index in [1.165, 1.54) is 11.1 Å². The average Bonchev–Trinajstić information content (AvgIpc) is 2.94. The van der Waals surface area contributed by atoms with Gasteiger partial charge in [0.2, 0.25) is 9.84 Å². The van der Waals surface area contributed by atoms with Crippen molar-refractivity contribution in [1.29, 1.82) is 0 Å². The lowest BCUT2D eigenvalue weighted by Crippen LogP contribution is -2.11. The van der Waals surface area contributed by atoms with E-state index in [-0.39, 0.29) is 10.8 Å². The van der Waals surface area contributed by atoms with Gasteiger partial charge in [-0.2, -0.15) is 0 Å². The van der Waals surface area contributed by atoms with Gasteiger partial charge in [0, 0.05) is 11.1 Å². The van der Waals surface area contributed by atoms with Gasteiger partial charge in [-0.3, -0.25) is 0 Å². The summed E-state index contributed by atoms with van der Waals surface area (Å²) >= 11 is 0. The second-order valence-corrected chi connectivity index (χ2v) is 12.2. The summed E-state index contributed by atoms with van der Waals surface area (Å²) in [4.78, 5) is 0.789. The molecule has 0 aliphatic carbocycles. The zero-order valence-electron chi connectivity index (χ0n) is 19.2. The zero-order valence-corrected chi connectivity index (χ0v) is 20.0. The quantitative estimate of drug-likeness (QED) is 0.439. The minimum Gasteiger partial charge on any atom is -0.218 e. The maximum absolute atomic E-state index is 13.6. The number of sulfone groups is 1. The first-order valence-electron chi connectivity index (χ1n) is 10.7. The molecule has 4 rings (SSSR count). The van der Waals surface area contributed by atoms with Gasteiger partial charge in [0.15, 0.2) is 0 Å². The van der Waals surface area contributed by atoms with Crippen LogP contribution in [0.4, 0.5) is 0 Å². The number of benzene rings is 3. The molecule has 0 saturated carbocycles. The van der Waals surface area contributed by atoms with Gasteiger partial charge in [-0.25, -0.2) is 8.42 Å². The molecule has 3 aromatic carbocycles. The third-order valence-corrected chi connectivity index (χ3v) is 7.91. The van der Waals surface area contributed by atoms with Crippen molar-refractivity contribution < 1.29 is 8.42 Å². The normalized spacial score (nSPS) is 15.8. The standard InChI is InChI=1S/C28H30O2S/c1-27(2,3)21-15-11-19(12-16-21)25-23-9-7-8-10-24(23)31(29,30)26(25)20-13-17-22(18-14-20)28(4,5)6/h7-18H,1-6H3. The summed E-state index contributed by atoms with van der Waals surface area (Å²) in [5.41, 5.74) is 5.69. The molecular formula is C28H30O2S. The Bertz CT molecular complexity index is 1260. The van der Waals surface area contributed by atoms with Gasteiger partial charge in [0.25, 0.3) is 0 Å². The monoisotopic (exact) mass is 430 g/mol. The highest BCUT2D eigenvalue weighted by atomic mass is 32.2. The van der Waals surface area contributed by atoms with Crippen LogP contribution in [0.15, 0.2) is 77.7 Å². The molecule has 0 atom stereocenters. The summed E-state index contributed by atoms with van der Waals surface area (Å²) in [5, 5.41) is 0. The summed E-state index contributed by atoms with van der Waals surface area (Å²) < 4.78 is 27.2. The van der Waals surface area contributed by atoms with Gasteiger partial charge in [-0.15, -0.1) is 0 Å². The van der Waals surface area contributed by atoms with E-state index < -0.39 is 9.84 Å². The Morgan fingerprint density at radius 2 is 1.03 bits per heavy atom. The molecular weight excluding hydrogens is 400 g/mol. The lowest BCUT2D eigenvalue weighted by atomic mass is 9.85. The van der Waals surface area contributed by atoms with Crippen LogP contribution < -0.4 is 0 Å². The second kappa shape index (κ2) is 7.20. The Labute approximate surface area is 186 Å². The van der Waals surface area contributed by atoms with Crippen molar-refractivity contribution in [3.05, 3.63) is 101 Å². The predicted molar refractivity (Wildman–Crippen MR) is 130 cm³/mol. The van der Waals surface area contributed by atoms with Gasteiger partial charge in [-0.1, -0.05) is 108 Å². The zero-order chi connectivity index (χ0) is 22.6. The van der Waals surface area contributed by atoms with Crippen LogP contribution in [0.25, 0.3) is 10.5 Å². The summed E-state index contributed by atoms with van der Waals surface area (Å²) in [7, 11) is -3.60. The fourth-order valence-electron chi connectivity index (χ4n) is 4.12. The molecule has 0 unspecified atom stereocenters. The molecule has 0 aromatic heterocycles. The van der Waals surface area contributed by atoms with E-state index in [4.69, 9.17) is 0 Å². The Kier molecular flexibility index (Phi) is 5.01. The smallest absolute Gasteiger partial charge is 0.208 e. The van der Waals surface area contributed by atoms with Gasteiger partial charge < -0.3 is 0 Å². The lowest BCUT2D eigenvalue weighted by molar-refractivity contribution is 0.590. The van der Waals surface area contributed by atoms with Gasteiger partial charge in [0.05, 0.1) is 9.80 Å². The highest BCUT2D eigenvalue weighted by Gasteiger charge is 2.37. The van der Waals surface area contributed by atoms with Crippen molar-refractivity contribution in [1.82, 2.24) is 0 Å². The molecule has 1 aliphatic rings. The first kappa shape index (κ1) is 21.6. The van der Waals surface area contributed by atoms with E-state index in [0.717, 1.165) is 22.3 Å². The molecule has 0 radical (unpaired) electrons. The molecule has 0 bridgehead atoms. The van der Waals surface area contributed by atoms with Crippen LogP contribution in [0.1, 0.15) is 69.4 Å². The van der Waals surface area contributed by atoms with Crippen LogP contribution >= 0.6 is 0 Å². The van der Waals surface area contributed by atoms with Crippen LogP contribution in [-0.2, 0) is 20.7 Å². The first-order valence-corrected chi connectivity index (χ1v) is 12.2. The second-order valence-electron chi connectivity index (χ2n) is 10.4. The molecule has 31 heavy (non-hydrogen) atoms. The van der Waals surface area contributed by atoms with Crippen molar-refractivity contribution in [2.75, 3.05) is 0 Å². The first-order chi connectivity index (χ1) is 14.4. The van der Waals surface area contributed by atoms with Gasteiger partial charge in [-0.05, 0) is 39.2 Å². The summed E-state index contributed by atoms with van der Waals surface area (Å²) in [6, 6.07) is 23.6. The number of hydrogen-bond acceptors (Lipinski definition) is 2. The van der Waals surface area contributed by atoms with Crippen LogP contribution in [0.5, 0.6) is 0 Å². The molecule has 0 N–H and O–H groups in total. The van der Waals surface area contributed by atoms with Crippen LogP contribution in [0.2, 0.25) is 0 Å². The summed E-state index contributed by atoms with van der Waals surface area (Å²) in [6.45, 7) is 13.0. The largest absolute Gasteiger partial charge is 0.218 e. The van der Waals surface area contributed by atoms with E-state index in [2.05, 4.69) is 65.8 Å². The minimum absolute atomic E-state index is 0.00996. The highest BCUT2D eigenvalue weighted by Crippen LogP contribution is 2.47. The van der Waals surface area contributed by atoms with Crippen LogP contribution in [0, 0.1) is 0 Å². The average molecular weight is 431 g/mol. The Balaban J connectivity index is 1.96. The van der Waals surface area contributed by atoms with Crippen molar-refractivity contribution in [3.8, 4) is 0 Å². The van der Waals surface area contributed by atoms with E-state index in [1.54, 1.807) is 12.1 Å². The van der Waals surface area contributed by atoms with Crippen molar-refractivity contribution in [3.63, 3.8) is 0 Å². The number of hydrogen-bond donors (Lipinski definition) is 0. The maximum atomic E-state index is 13.6. The molecule has 160 valence electrons. The van der Waals surface area contributed by atoms with Crippen molar-refractivity contribution >= 4 is 20.3 Å². The minimum atomic E-state index is -3.60. The SMILES string of the molecule is CC(C)(C)c1ccc(C2=C(c3ccc(C(C)(C)C)cc3)S(=O)(=O)c3ccccc32)cc1.